The smallest absolute Gasteiger partial charge is 0.747 e. The number of carbonyl (C=O) groups is 4. The average molecular weight is 434 g/mol. The van der Waals surface area contributed by atoms with Crippen molar-refractivity contribution in [3.63, 3.8) is 0 Å². The minimum absolute atomic E-state index is 0. The Morgan fingerprint density at radius 2 is 1.79 bits per heavy atom. The van der Waals surface area contributed by atoms with Gasteiger partial charge in [-0.05, 0) is 37.7 Å². The molecule has 0 spiro atoms. The van der Waals surface area contributed by atoms with Crippen molar-refractivity contribution in [1.82, 2.24) is 9.96 Å². The van der Waals surface area contributed by atoms with E-state index in [1.807, 2.05) is 0 Å². The number of rotatable bonds is 5. The zero-order valence-electron chi connectivity index (χ0n) is 15.9. The van der Waals surface area contributed by atoms with Crippen LogP contribution in [0.15, 0.2) is 24.4 Å². The first-order chi connectivity index (χ1) is 13.1. The van der Waals surface area contributed by atoms with Gasteiger partial charge in [-0.1, -0.05) is 6.58 Å². The maximum absolute atomic E-state index is 12.3. The molecule has 0 radical (unpaired) electrons. The van der Waals surface area contributed by atoms with Crippen molar-refractivity contribution in [2.24, 2.45) is 11.8 Å². The van der Waals surface area contributed by atoms with Gasteiger partial charge in [0.1, 0.15) is 15.4 Å². The molecule has 1 atom stereocenters. The normalized spacial score (nSPS) is 27.4. The first kappa shape index (κ1) is 23.7. The number of amides is 3. The molecule has 0 aromatic rings. The van der Waals surface area contributed by atoms with Gasteiger partial charge in [0.05, 0.1) is 12.3 Å². The van der Waals surface area contributed by atoms with E-state index in [4.69, 9.17) is 4.84 Å². The molecule has 1 saturated carbocycles. The van der Waals surface area contributed by atoms with Crippen LogP contribution < -0.4 is 29.6 Å². The van der Waals surface area contributed by atoms with E-state index in [1.54, 1.807) is 11.0 Å². The summed E-state index contributed by atoms with van der Waals surface area (Å²) in [5.74, 6) is -3.69. The van der Waals surface area contributed by atoms with Gasteiger partial charge < -0.3 is 14.3 Å². The summed E-state index contributed by atoms with van der Waals surface area (Å²) in [5, 5.41) is -1.96. The Labute approximate surface area is 189 Å². The Balaban J connectivity index is 0.00000300. The summed E-state index contributed by atoms with van der Waals surface area (Å²) in [6, 6.07) is 0. The molecule has 3 aliphatic rings. The van der Waals surface area contributed by atoms with Gasteiger partial charge in [-0.15, -0.1) is 5.06 Å². The minimum Gasteiger partial charge on any atom is -0.747 e. The van der Waals surface area contributed by atoms with Crippen LogP contribution >= 0.6 is 0 Å². The van der Waals surface area contributed by atoms with Gasteiger partial charge >= 0.3 is 35.5 Å². The van der Waals surface area contributed by atoms with Gasteiger partial charge in [0.25, 0.3) is 17.7 Å². The summed E-state index contributed by atoms with van der Waals surface area (Å²) in [7, 11) is -5.00. The standard InChI is InChI=1S/C17H20N2O8S.Na/c1-10-2-7-14(20)18(10)9-11-3-5-12(6-4-11)17(23)27-19-15(21)8-13(16(19)22)28(24,25)26;/h2,7,11-13H,1,3-6,8-9H2,(H,24,25,26);/q;+1/p-1. The Morgan fingerprint density at radius 3 is 2.28 bits per heavy atom. The van der Waals surface area contributed by atoms with E-state index in [1.165, 1.54) is 6.08 Å². The molecule has 29 heavy (non-hydrogen) atoms. The largest absolute Gasteiger partial charge is 1.00 e. The van der Waals surface area contributed by atoms with Crippen molar-refractivity contribution in [3.05, 3.63) is 24.4 Å². The van der Waals surface area contributed by atoms with Gasteiger partial charge in [0.15, 0.2) is 0 Å². The van der Waals surface area contributed by atoms with Gasteiger partial charge in [0.2, 0.25) is 0 Å². The van der Waals surface area contributed by atoms with Crippen LogP contribution in [0.2, 0.25) is 0 Å². The van der Waals surface area contributed by atoms with E-state index in [0.29, 0.717) is 37.9 Å². The first-order valence-electron chi connectivity index (χ1n) is 8.79. The third-order valence-electron chi connectivity index (χ3n) is 5.24. The van der Waals surface area contributed by atoms with Crippen molar-refractivity contribution in [3.8, 4) is 0 Å². The number of imide groups is 1. The van der Waals surface area contributed by atoms with Crippen LogP contribution in [0.25, 0.3) is 0 Å². The second-order valence-electron chi connectivity index (χ2n) is 7.11. The van der Waals surface area contributed by atoms with E-state index in [0.717, 1.165) is 0 Å². The quantitative estimate of drug-likeness (QED) is 0.251. The predicted molar refractivity (Wildman–Crippen MR) is 91.5 cm³/mol. The molecule has 1 aliphatic carbocycles. The van der Waals surface area contributed by atoms with Crippen LogP contribution in [0, 0.1) is 11.8 Å². The van der Waals surface area contributed by atoms with Gasteiger partial charge in [-0.2, -0.15) is 0 Å². The summed E-state index contributed by atoms with van der Waals surface area (Å²) in [6.45, 7) is 4.30. The monoisotopic (exact) mass is 434 g/mol. The van der Waals surface area contributed by atoms with E-state index in [9.17, 15) is 32.1 Å². The molecule has 0 aromatic carbocycles. The molecule has 3 amide bonds. The van der Waals surface area contributed by atoms with Gasteiger partial charge in [0, 0.05) is 18.3 Å². The fourth-order valence-electron chi connectivity index (χ4n) is 3.60. The first-order valence-corrected chi connectivity index (χ1v) is 10.3. The molecule has 10 nitrogen and oxygen atoms in total. The summed E-state index contributed by atoms with van der Waals surface area (Å²) in [5.41, 5.74) is 0.625. The summed E-state index contributed by atoms with van der Waals surface area (Å²) in [6.07, 6.45) is 4.41. The Hall–Kier alpha value is -1.53. The SMILES string of the molecule is C=C1C=CC(=O)N1CC1CCC(C(=O)ON2C(=O)CC(S(=O)(=O)[O-])C2=O)CC1.[Na+]. The summed E-state index contributed by atoms with van der Waals surface area (Å²) >= 11 is 0. The van der Waals surface area contributed by atoms with Crippen LogP contribution in [-0.2, 0) is 34.1 Å². The molecular weight excluding hydrogens is 415 g/mol. The number of hydroxylamine groups is 2. The number of nitrogens with zero attached hydrogens (tertiary/aromatic N) is 2. The van der Waals surface area contributed by atoms with Crippen LogP contribution in [0.5, 0.6) is 0 Å². The second kappa shape index (κ2) is 9.09. The molecule has 0 N–H and O–H groups in total. The van der Waals surface area contributed by atoms with Crippen molar-refractivity contribution in [2.75, 3.05) is 6.54 Å². The molecule has 2 aliphatic heterocycles. The number of hydrogen-bond donors (Lipinski definition) is 0. The zero-order valence-corrected chi connectivity index (χ0v) is 18.7. The Morgan fingerprint density at radius 1 is 1.17 bits per heavy atom. The summed E-state index contributed by atoms with van der Waals surface area (Å²) < 4.78 is 33.0. The number of allylic oxidation sites excluding steroid dienone is 1. The summed E-state index contributed by atoms with van der Waals surface area (Å²) in [4.78, 5) is 54.0. The maximum Gasteiger partial charge on any atom is 1.00 e. The molecular formula is C17H19N2NaO8S. The average Bonchev–Trinajstić information content (AvgIpc) is 3.09. The van der Waals surface area contributed by atoms with E-state index < -0.39 is 45.5 Å². The molecule has 152 valence electrons. The molecule has 0 bridgehead atoms. The van der Waals surface area contributed by atoms with Crippen LogP contribution in [0.1, 0.15) is 32.1 Å². The molecule has 1 saturated heterocycles. The Kier molecular flexibility index (Phi) is 7.44. The fourth-order valence-corrected chi connectivity index (χ4v) is 4.29. The number of hydrogen-bond acceptors (Lipinski definition) is 8. The van der Waals surface area contributed by atoms with E-state index in [2.05, 4.69) is 6.58 Å². The molecule has 3 rings (SSSR count). The van der Waals surface area contributed by atoms with Crippen molar-refractivity contribution in [1.29, 1.82) is 0 Å². The van der Waals surface area contributed by atoms with Crippen LogP contribution in [-0.4, -0.2) is 58.4 Å². The third-order valence-corrected chi connectivity index (χ3v) is 6.31. The number of carbonyl (C=O) groups excluding carboxylic acids is 4. The molecule has 2 heterocycles. The van der Waals surface area contributed by atoms with Crippen molar-refractivity contribution >= 4 is 33.8 Å². The minimum atomic E-state index is -5.00. The second-order valence-corrected chi connectivity index (χ2v) is 8.67. The van der Waals surface area contributed by atoms with Crippen LogP contribution in [0.4, 0.5) is 0 Å². The van der Waals surface area contributed by atoms with E-state index >= 15 is 0 Å². The van der Waals surface area contributed by atoms with E-state index in [-0.39, 0.29) is 46.4 Å². The maximum atomic E-state index is 12.3. The topological polar surface area (TPSA) is 141 Å². The van der Waals surface area contributed by atoms with Crippen molar-refractivity contribution in [2.45, 2.75) is 37.4 Å². The van der Waals surface area contributed by atoms with Gasteiger partial charge in [-0.3, -0.25) is 14.4 Å². The predicted octanol–water partition coefficient (Wildman–Crippen LogP) is -3.16. The van der Waals surface area contributed by atoms with Crippen LogP contribution in [0.3, 0.4) is 0 Å². The van der Waals surface area contributed by atoms with Crippen molar-refractivity contribution < 1.29 is 66.5 Å². The molecule has 12 heteroatoms. The Bertz CT molecular complexity index is 858. The molecule has 2 fully saturated rings. The van der Waals surface area contributed by atoms with Gasteiger partial charge in [-0.25, -0.2) is 13.2 Å². The third kappa shape index (κ3) is 5.15. The molecule has 0 aromatic heterocycles. The molecule has 1 unspecified atom stereocenters. The zero-order chi connectivity index (χ0) is 20.6. The fraction of sp³-hybridized carbons (Fsp3) is 0.529.